The lowest BCUT2D eigenvalue weighted by atomic mass is 10.0. The Bertz CT molecular complexity index is 571. The summed E-state index contributed by atoms with van der Waals surface area (Å²) < 4.78 is 0. The molecule has 10 heteroatoms. The minimum atomic E-state index is -0.633. The van der Waals surface area contributed by atoms with Crippen LogP contribution in [0.3, 0.4) is 0 Å². The first-order valence-electron chi connectivity index (χ1n) is 12.0. The van der Waals surface area contributed by atoms with Gasteiger partial charge in [0.1, 0.15) is 12.1 Å². The number of unbranched alkanes of at least 4 members (excludes halogenated alkanes) is 9. The predicted octanol–water partition coefficient (Wildman–Crippen LogP) is 5.79. The summed E-state index contributed by atoms with van der Waals surface area (Å²) in [6.07, 6.45) is 11.2. The first-order valence-corrected chi connectivity index (χ1v) is 12.0. The second-order valence-corrected chi connectivity index (χ2v) is 8.91. The Labute approximate surface area is 192 Å². The molecule has 2 unspecified atom stereocenters. The van der Waals surface area contributed by atoms with Crippen LogP contribution in [0.1, 0.15) is 91.9 Å². The minimum absolute atomic E-state index is 0.00830. The number of carbonyl (C=O) groups excluding carboxylic acids is 2. The molecule has 10 nitrogen and oxygen atoms in total. The molecule has 0 saturated carbocycles. The summed E-state index contributed by atoms with van der Waals surface area (Å²) in [5.41, 5.74) is 17.1. The third kappa shape index (κ3) is 14.5. The Morgan fingerprint density at radius 3 is 1.16 bits per heavy atom. The fourth-order valence-corrected chi connectivity index (χ4v) is 3.38. The monoisotopic (exact) mass is 450 g/mol. The Morgan fingerprint density at radius 2 is 0.906 bits per heavy atom. The van der Waals surface area contributed by atoms with E-state index in [2.05, 4.69) is 30.7 Å². The average Bonchev–Trinajstić information content (AvgIpc) is 2.75. The SMILES string of the molecule is CC(C)C(N=[N+]=[N-])C(=O)NCCCCCCCCCCCCNC(=O)C(N=[N+]=[N-])C(C)C. The number of nitrogens with zero attached hydrogens (tertiary/aromatic N) is 6. The second kappa shape index (κ2) is 19.3. The molecule has 2 atom stereocenters. The average molecular weight is 451 g/mol. The van der Waals surface area contributed by atoms with Crippen LogP contribution in [0.2, 0.25) is 0 Å². The molecule has 0 rings (SSSR count). The molecule has 0 aliphatic rings. The lowest BCUT2D eigenvalue weighted by Gasteiger charge is -2.14. The third-order valence-electron chi connectivity index (χ3n) is 5.35. The summed E-state index contributed by atoms with van der Waals surface area (Å²) in [6, 6.07) is -1.27. The second-order valence-electron chi connectivity index (χ2n) is 8.91. The van der Waals surface area contributed by atoms with Crippen molar-refractivity contribution in [3.8, 4) is 0 Å². The number of nitrogens with one attached hydrogen (secondary N) is 2. The smallest absolute Gasteiger partial charge is 0.229 e. The van der Waals surface area contributed by atoms with Crippen LogP contribution in [-0.4, -0.2) is 37.0 Å². The van der Waals surface area contributed by atoms with E-state index in [9.17, 15) is 9.59 Å². The van der Waals surface area contributed by atoms with Gasteiger partial charge in [-0.1, -0.05) is 89.3 Å². The van der Waals surface area contributed by atoms with Gasteiger partial charge >= 0.3 is 0 Å². The van der Waals surface area contributed by atoms with Crippen molar-refractivity contribution in [1.82, 2.24) is 10.6 Å². The molecule has 0 saturated heterocycles. The normalized spacial score (nSPS) is 12.6. The Kier molecular flexibility index (Phi) is 17.8. The molecular weight excluding hydrogens is 408 g/mol. The molecule has 182 valence electrons. The van der Waals surface area contributed by atoms with Crippen LogP contribution in [0, 0.1) is 11.8 Å². The molecule has 0 spiro atoms. The summed E-state index contributed by atoms with van der Waals surface area (Å²) in [4.78, 5) is 29.5. The highest BCUT2D eigenvalue weighted by molar-refractivity contribution is 5.82. The topological polar surface area (TPSA) is 156 Å². The number of carbonyl (C=O) groups is 2. The van der Waals surface area contributed by atoms with Crippen molar-refractivity contribution in [1.29, 1.82) is 0 Å². The molecule has 0 fully saturated rings. The van der Waals surface area contributed by atoms with Gasteiger partial charge < -0.3 is 10.6 Å². The number of amides is 2. The number of azide groups is 2. The lowest BCUT2D eigenvalue weighted by molar-refractivity contribution is -0.124. The molecule has 2 amide bonds. The van der Waals surface area contributed by atoms with Crippen LogP contribution >= 0.6 is 0 Å². The number of rotatable bonds is 19. The molecule has 2 N–H and O–H groups in total. The molecule has 0 aromatic carbocycles. The summed E-state index contributed by atoms with van der Waals surface area (Å²) in [7, 11) is 0. The van der Waals surface area contributed by atoms with E-state index in [0.29, 0.717) is 13.1 Å². The zero-order chi connectivity index (χ0) is 24.2. The standard InChI is InChI=1S/C22H42N8O2/c1-17(2)19(27-29-23)21(31)25-15-13-11-9-7-5-6-8-10-12-14-16-26-22(32)20(18(3)4)28-30-24/h17-20H,5-16H2,1-4H3,(H,25,31)(H,26,32). The summed E-state index contributed by atoms with van der Waals surface area (Å²) in [5, 5.41) is 12.8. The van der Waals surface area contributed by atoms with E-state index >= 15 is 0 Å². The van der Waals surface area contributed by atoms with Crippen molar-refractivity contribution in [3.63, 3.8) is 0 Å². The molecule has 0 bridgehead atoms. The van der Waals surface area contributed by atoms with E-state index in [1.165, 1.54) is 25.7 Å². The van der Waals surface area contributed by atoms with Gasteiger partial charge in [-0.3, -0.25) is 9.59 Å². The van der Waals surface area contributed by atoms with Crippen LogP contribution in [0.15, 0.2) is 10.2 Å². The van der Waals surface area contributed by atoms with Crippen molar-refractivity contribution in [2.45, 2.75) is 104 Å². The molecule has 0 aromatic heterocycles. The van der Waals surface area contributed by atoms with Gasteiger partial charge in [0, 0.05) is 22.9 Å². The Hall–Kier alpha value is -2.44. The van der Waals surface area contributed by atoms with E-state index in [0.717, 1.165) is 38.5 Å². The number of hydrogen-bond donors (Lipinski definition) is 2. The zero-order valence-corrected chi connectivity index (χ0v) is 20.3. The van der Waals surface area contributed by atoms with Crippen molar-refractivity contribution >= 4 is 11.8 Å². The molecule has 0 aromatic rings. The van der Waals surface area contributed by atoms with Gasteiger partial charge in [0.15, 0.2) is 0 Å². The molecular formula is C22H42N8O2. The maximum atomic E-state index is 12.0. The van der Waals surface area contributed by atoms with Crippen molar-refractivity contribution in [2.75, 3.05) is 13.1 Å². The largest absolute Gasteiger partial charge is 0.356 e. The zero-order valence-electron chi connectivity index (χ0n) is 20.3. The predicted molar refractivity (Wildman–Crippen MR) is 128 cm³/mol. The van der Waals surface area contributed by atoms with Gasteiger partial charge in [0.2, 0.25) is 11.8 Å². The molecule has 0 aliphatic heterocycles. The Balaban J connectivity index is 3.57. The van der Waals surface area contributed by atoms with Gasteiger partial charge in [-0.15, -0.1) is 0 Å². The minimum Gasteiger partial charge on any atom is -0.356 e. The van der Waals surface area contributed by atoms with E-state index < -0.39 is 12.1 Å². The molecule has 0 aliphatic carbocycles. The van der Waals surface area contributed by atoms with Crippen molar-refractivity contribution in [2.24, 2.45) is 22.1 Å². The third-order valence-corrected chi connectivity index (χ3v) is 5.35. The highest BCUT2D eigenvalue weighted by Crippen LogP contribution is 2.11. The summed E-state index contributed by atoms with van der Waals surface area (Å²) >= 11 is 0. The van der Waals surface area contributed by atoms with Crippen LogP contribution in [0.4, 0.5) is 0 Å². The van der Waals surface area contributed by atoms with Gasteiger partial charge in [0.25, 0.3) is 0 Å². The van der Waals surface area contributed by atoms with Crippen LogP contribution in [0.25, 0.3) is 20.9 Å². The fourth-order valence-electron chi connectivity index (χ4n) is 3.38. The lowest BCUT2D eigenvalue weighted by Crippen LogP contribution is -2.36. The van der Waals surface area contributed by atoms with E-state index in [-0.39, 0.29) is 23.7 Å². The highest BCUT2D eigenvalue weighted by atomic mass is 16.2. The first kappa shape index (κ1) is 29.6. The summed E-state index contributed by atoms with van der Waals surface area (Å²) in [6.45, 7) is 8.72. The van der Waals surface area contributed by atoms with E-state index in [1.54, 1.807) is 0 Å². The van der Waals surface area contributed by atoms with Crippen LogP contribution in [-0.2, 0) is 9.59 Å². The fraction of sp³-hybridized carbons (Fsp3) is 0.909. The quantitative estimate of drug-likeness (QED) is 0.111. The molecule has 32 heavy (non-hydrogen) atoms. The Morgan fingerprint density at radius 1 is 0.625 bits per heavy atom. The van der Waals surface area contributed by atoms with Gasteiger partial charge in [-0.2, -0.15) is 0 Å². The number of hydrogen-bond acceptors (Lipinski definition) is 4. The van der Waals surface area contributed by atoms with Gasteiger partial charge in [-0.25, -0.2) is 0 Å². The van der Waals surface area contributed by atoms with E-state index in [4.69, 9.17) is 11.1 Å². The van der Waals surface area contributed by atoms with Crippen molar-refractivity contribution < 1.29 is 9.59 Å². The molecule has 0 radical (unpaired) electrons. The molecule has 0 heterocycles. The first-order chi connectivity index (χ1) is 15.3. The van der Waals surface area contributed by atoms with Crippen LogP contribution in [0.5, 0.6) is 0 Å². The van der Waals surface area contributed by atoms with Crippen molar-refractivity contribution in [3.05, 3.63) is 20.9 Å². The van der Waals surface area contributed by atoms with Gasteiger partial charge in [0.05, 0.1) is 0 Å². The van der Waals surface area contributed by atoms with Gasteiger partial charge in [-0.05, 0) is 35.7 Å². The highest BCUT2D eigenvalue weighted by Gasteiger charge is 2.20. The summed E-state index contributed by atoms with van der Waals surface area (Å²) in [5.74, 6) is -0.391. The van der Waals surface area contributed by atoms with Crippen LogP contribution < -0.4 is 10.6 Å². The maximum absolute atomic E-state index is 12.0. The van der Waals surface area contributed by atoms with E-state index in [1.807, 2.05) is 27.7 Å². The maximum Gasteiger partial charge on any atom is 0.229 e.